The molecule has 1 heterocycles. The summed E-state index contributed by atoms with van der Waals surface area (Å²) in [6, 6.07) is 4.39. The Labute approximate surface area is 109 Å². The number of aromatic carboxylic acids is 1. The van der Waals surface area contributed by atoms with Crippen molar-refractivity contribution in [2.45, 2.75) is 11.7 Å². The van der Waals surface area contributed by atoms with Gasteiger partial charge in [0.05, 0.1) is 11.3 Å². The Kier molecular flexibility index (Phi) is 3.31. The molecule has 0 aromatic heterocycles. The van der Waals surface area contributed by atoms with Crippen LogP contribution in [0.4, 0.5) is 5.69 Å². The van der Waals surface area contributed by atoms with Gasteiger partial charge in [-0.3, -0.25) is 4.79 Å². The fourth-order valence-electron chi connectivity index (χ4n) is 1.83. The molecule has 1 atom stereocenters. The largest absolute Gasteiger partial charge is 0.478 e. The van der Waals surface area contributed by atoms with E-state index in [-0.39, 0.29) is 16.7 Å². The van der Waals surface area contributed by atoms with Crippen LogP contribution in [-0.4, -0.2) is 28.8 Å². The summed E-state index contributed by atoms with van der Waals surface area (Å²) in [6.45, 7) is 0.405. The van der Waals surface area contributed by atoms with Crippen LogP contribution in [0, 0.1) is 0 Å². The highest BCUT2D eigenvalue weighted by Gasteiger charge is 2.30. The van der Waals surface area contributed by atoms with Gasteiger partial charge in [0.15, 0.2) is 0 Å². The Morgan fingerprint density at radius 1 is 1.53 bits per heavy atom. The van der Waals surface area contributed by atoms with Crippen molar-refractivity contribution in [2.75, 3.05) is 11.4 Å². The molecule has 2 rings (SSSR count). The normalized spacial score (nSPS) is 19.8. The first-order valence-corrected chi connectivity index (χ1v) is 5.89. The minimum atomic E-state index is -1.08. The molecule has 1 unspecified atom stereocenters. The lowest BCUT2D eigenvalue weighted by molar-refractivity contribution is -0.117. The van der Waals surface area contributed by atoms with Crippen molar-refractivity contribution in [1.29, 1.82) is 0 Å². The number of amides is 1. The summed E-state index contributed by atoms with van der Waals surface area (Å²) in [5.74, 6) is -1.21. The molecule has 1 aromatic rings. The smallest absolute Gasteiger partial charge is 0.337 e. The maximum Gasteiger partial charge on any atom is 0.337 e. The number of carbonyl (C=O) groups excluding carboxylic acids is 1. The molecule has 0 bridgehead atoms. The predicted octanol–water partition coefficient (Wildman–Crippen LogP) is 2.07. The second-order valence-corrected chi connectivity index (χ2v) is 5.00. The number of thiol groups is 1. The Hall–Kier alpha value is -1.20. The van der Waals surface area contributed by atoms with Crippen LogP contribution in [-0.2, 0) is 4.79 Å². The third kappa shape index (κ3) is 2.40. The summed E-state index contributed by atoms with van der Waals surface area (Å²) < 4.78 is 0. The van der Waals surface area contributed by atoms with Crippen LogP contribution < -0.4 is 4.90 Å². The first-order valence-electron chi connectivity index (χ1n) is 5.00. The lowest BCUT2D eigenvalue weighted by Crippen LogP contribution is -2.26. The van der Waals surface area contributed by atoms with E-state index in [1.807, 2.05) is 0 Å². The molecule has 6 heteroatoms. The average molecular weight is 272 g/mol. The summed E-state index contributed by atoms with van der Waals surface area (Å²) in [7, 11) is 0. The maximum absolute atomic E-state index is 11.7. The fraction of sp³-hybridized carbons (Fsp3) is 0.273. The minimum absolute atomic E-state index is 0.0665. The predicted molar refractivity (Wildman–Crippen MR) is 68.2 cm³/mol. The molecule has 1 amide bonds. The van der Waals surface area contributed by atoms with Crippen LogP contribution in [0.3, 0.4) is 0 Å². The van der Waals surface area contributed by atoms with E-state index in [9.17, 15) is 9.59 Å². The Morgan fingerprint density at radius 3 is 2.76 bits per heavy atom. The summed E-state index contributed by atoms with van der Waals surface area (Å²) in [4.78, 5) is 24.2. The van der Waals surface area contributed by atoms with Crippen molar-refractivity contribution in [2.24, 2.45) is 0 Å². The van der Waals surface area contributed by atoms with Crippen molar-refractivity contribution in [1.82, 2.24) is 0 Å². The van der Waals surface area contributed by atoms with Crippen LogP contribution in [0.1, 0.15) is 16.8 Å². The molecule has 0 spiro atoms. The van der Waals surface area contributed by atoms with E-state index in [2.05, 4.69) is 12.6 Å². The fourth-order valence-corrected chi connectivity index (χ4v) is 2.32. The van der Waals surface area contributed by atoms with E-state index in [1.165, 1.54) is 23.1 Å². The summed E-state index contributed by atoms with van der Waals surface area (Å²) in [5, 5.41) is 9.41. The zero-order chi connectivity index (χ0) is 12.6. The van der Waals surface area contributed by atoms with Crippen molar-refractivity contribution >= 4 is 41.8 Å². The zero-order valence-electron chi connectivity index (χ0n) is 8.76. The van der Waals surface area contributed by atoms with E-state index in [1.54, 1.807) is 0 Å². The monoisotopic (exact) mass is 271 g/mol. The van der Waals surface area contributed by atoms with E-state index in [0.29, 0.717) is 23.7 Å². The SMILES string of the molecule is O=C(O)c1ccc(Cl)cc1N1CC(S)CC1=O. The Morgan fingerprint density at radius 2 is 2.24 bits per heavy atom. The molecule has 1 fully saturated rings. The molecule has 90 valence electrons. The topological polar surface area (TPSA) is 57.6 Å². The molecular weight excluding hydrogens is 262 g/mol. The lowest BCUT2D eigenvalue weighted by Gasteiger charge is -2.18. The number of carboxylic acids is 1. The molecule has 1 aromatic carbocycles. The average Bonchev–Trinajstić information content (AvgIpc) is 2.57. The van der Waals surface area contributed by atoms with Gasteiger partial charge in [0.25, 0.3) is 0 Å². The number of halogens is 1. The van der Waals surface area contributed by atoms with Gasteiger partial charge in [-0.25, -0.2) is 4.79 Å². The van der Waals surface area contributed by atoms with Gasteiger partial charge >= 0.3 is 5.97 Å². The highest BCUT2D eigenvalue weighted by molar-refractivity contribution is 7.81. The second kappa shape index (κ2) is 4.58. The number of benzene rings is 1. The molecule has 0 radical (unpaired) electrons. The maximum atomic E-state index is 11.7. The number of carbonyl (C=O) groups is 2. The van der Waals surface area contributed by atoms with Gasteiger partial charge < -0.3 is 10.0 Å². The molecule has 1 aliphatic rings. The van der Waals surface area contributed by atoms with Gasteiger partial charge in [-0.15, -0.1) is 0 Å². The van der Waals surface area contributed by atoms with Gasteiger partial charge in [-0.1, -0.05) is 11.6 Å². The number of nitrogens with zero attached hydrogens (tertiary/aromatic N) is 1. The number of hydrogen-bond donors (Lipinski definition) is 2. The highest BCUT2D eigenvalue weighted by Crippen LogP contribution is 2.29. The zero-order valence-corrected chi connectivity index (χ0v) is 10.4. The van der Waals surface area contributed by atoms with Crippen LogP contribution in [0.2, 0.25) is 5.02 Å². The summed E-state index contributed by atoms with van der Waals surface area (Å²) >= 11 is 10.1. The molecule has 4 nitrogen and oxygen atoms in total. The third-order valence-electron chi connectivity index (χ3n) is 2.59. The number of hydrogen-bond acceptors (Lipinski definition) is 3. The quantitative estimate of drug-likeness (QED) is 0.810. The molecule has 17 heavy (non-hydrogen) atoms. The molecule has 1 saturated heterocycles. The van der Waals surface area contributed by atoms with E-state index >= 15 is 0 Å². The van der Waals surface area contributed by atoms with E-state index < -0.39 is 5.97 Å². The second-order valence-electron chi connectivity index (χ2n) is 3.83. The molecular formula is C11H10ClNO3S. The first kappa shape index (κ1) is 12.3. The minimum Gasteiger partial charge on any atom is -0.478 e. The van der Waals surface area contributed by atoms with Crippen LogP contribution in [0.15, 0.2) is 18.2 Å². The van der Waals surface area contributed by atoms with Gasteiger partial charge in [-0.2, -0.15) is 12.6 Å². The Bertz CT molecular complexity index is 492. The number of rotatable bonds is 2. The lowest BCUT2D eigenvalue weighted by atomic mass is 10.1. The Balaban J connectivity index is 2.46. The molecule has 1 N–H and O–H groups in total. The third-order valence-corrected chi connectivity index (χ3v) is 3.17. The van der Waals surface area contributed by atoms with Gasteiger partial charge in [-0.05, 0) is 18.2 Å². The molecule has 1 aliphatic heterocycles. The summed E-state index contributed by atoms with van der Waals surface area (Å²) in [6.07, 6.45) is 0.314. The number of carboxylic acid groups (broad SMARTS) is 1. The van der Waals surface area contributed by atoms with Crippen molar-refractivity contribution in [3.05, 3.63) is 28.8 Å². The van der Waals surface area contributed by atoms with Crippen molar-refractivity contribution < 1.29 is 14.7 Å². The van der Waals surface area contributed by atoms with Gasteiger partial charge in [0.2, 0.25) is 5.91 Å². The van der Waals surface area contributed by atoms with Crippen molar-refractivity contribution in [3.63, 3.8) is 0 Å². The molecule has 0 aliphatic carbocycles. The summed E-state index contributed by atoms with van der Waals surface area (Å²) in [5.41, 5.74) is 0.414. The van der Waals surface area contributed by atoms with Gasteiger partial charge in [0.1, 0.15) is 0 Å². The van der Waals surface area contributed by atoms with Crippen LogP contribution in [0.25, 0.3) is 0 Å². The van der Waals surface area contributed by atoms with Crippen LogP contribution >= 0.6 is 24.2 Å². The van der Waals surface area contributed by atoms with E-state index in [0.717, 1.165) is 0 Å². The number of anilines is 1. The molecule has 0 saturated carbocycles. The first-order chi connectivity index (χ1) is 7.99. The van der Waals surface area contributed by atoms with E-state index in [4.69, 9.17) is 16.7 Å². The van der Waals surface area contributed by atoms with Crippen molar-refractivity contribution in [3.8, 4) is 0 Å². The van der Waals surface area contributed by atoms with Crippen LogP contribution in [0.5, 0.6) is 0 Å². The van der Waals surface area contributed by atoms with Gasteiger partial charge in [0, 0.05) is 23.2 Å². The standard InChI is InChI=1S/C11H10ClNO3S/c12-6-1-2-8(11(15)16)9(3-6)13-5-7(17)4-10(13)14/h1-3,7,17H,4-5H2,(H,15,16). The highest BCUT2D eigenvalue weighted by atomic mass is 35.5.